The van der Waals surface area contributed by atoms with Crippen molar-refractivity contribution in [3.05, 3.63) is 0 Å². The molecule has 0 heterocycles. The first-order chi connectivity index (χ1) is 51.4. The Morgan fingerprint density at radius 2 is 0.167 bits per heavy atom. The van der Waals surface area contributed by atoms with Crippen LogP contribution in [0.3, 0.4) is 0 Å². The minimum atomic E-state index is -0.658. The zero-order chi connectivity index (χ0) is 89.5. The topological polar surface area (TPSA) is 0 Å². The van der Waals surface area contributed by atoms with E-state index in [0.717, 1.165) is 7.96 Å². The van der Waals surface area contributed by atoms with Crippen molar-refractivity contribution in [2.24, 2.45) is 0 Å². The van der Waals surface area contributed by atoms with Gasteiger partial charge in [-0.1, -0.05) is 0 Å². The van der Waals surface area contributed by atoms with Gasteiger partial charge in [-0.15, -0.1) is 509 Å². The molecule has 0 N–H and O–H groups in total. The van der Waals surface area contributed by atoms with Crippen molar-refractivity contribution in [1.29, 1.82) is 0 Å². The van der Waals surface area contributed by atoms with Crippen LogP contribution in [-0.2, 0) is 18.6 Å². The van der Waals surface area contributed by atoms with E-state index in [1.165, 1.54) is 0 Å². The Kier molecular flexibility index (Phi) is 132. The van der Waals surface area contributed by atoms with E-state index in [-0.39, 0.29) is 25.5 Å². The summed E-state index contributed by atoms with van der Waals surface area (Å²) in [6.07, 6.45) is 0. The van der Waals surface area contributed by atoms with E-state index in [1.807, 2.05) is 0 Å². The molecule has 62 unspecified atom stereocenters. The van der Waals surface area contributed by atoms with E-state index < -0.39 is 377 Å². The molecular weight excluding hydrogens is 3550 g/mol. The monoisotopic (exact) mass is 3670 g/mol. The largest absolute Gasteiger partial charge is 0.102 e. The maximum atomic E-state index is 3.97. The third-order valence-corrected chi connectivity index (χ3v) is 814. The Balaban J connectivity index is 0. The molecule has 0 aromatic rings. The molecule has 0 fully saturated rings. The van der Waals surface area contributed by atoms with Gasteiger partial charge >= 0.3 is 0 Å². The van der Waals surface area contributed by atoms with Crippen molar-refractivity contribution in [3.63, 3.8) is 0 Å². The molecule has 62 atom stereocenters. The van der Waals surface area contributed by atoms with Crippen LogP contribution in [-0.4, -0.2) is 0 Å². The summed E-state index contributed by atoms with van der Waals surface area (Å²) in [7, 11) is 219. The van der Waals surface area contributed by atoms with E-state index in [4.69, 9.17) is 0 Å². The first-order valence-electron chi connectivity index (χ1n) is 25.8. The van der Waals surface area contributed by atoms with Crippen molar-refractivity contribution in [3.8, 4) is 0 Å². The molecule has 0 spiro atoms. The standard InChI is InChI=1S/H115P113.V/c1-59(2)87(57)103(86(55)56)104(90(60(3)4)61(5)6)88(105(108(91(62(7)8)63(9)10)92(64(11)12)65(13)14)109(93(66(15)16)67(17)18)94(68(19)20)69(21)22)58-89(106(110(95(70(23)24)71(25)26)96(72(27)28)73(29)30)111(97(74(31)32)75(33)34)98(76(35)36)77(37)38)107(112(99(78(39)40)79(41)42)100(80(43)44)81(45)46)113(101(82(47)48)83(49)50)102(84(51)52)85(53)54;/h58H,1-57H2;. The van der Waals surface area contributed by atoms with Crippen molar-refractivity contribution < 1.29 is 18.6 Å². The van der Waals surface area contributed by atoms with Crippen LogP contribution in [0.25, 0.3) is 0 Å². The molecule has 0 amide bonds. The van der Waals surface area contributed by atoms with E-state index in [2.05, 4.69) is 509 Å². The molecule has 0 aromatic heterocycles. The summed E-state index contributed by atoms with van der Waals surface area (Å²) in [5, 5.41) is 0. The molecule has 0 aliphatic rings. The van der Waals surface area contributed by atoms with Crippen LogP contribution in [0, 0.1) is 0 Å². The van der Waals surface area contributed by atoms with Gasteiger partial charge in [0.2, 0.25) is 0 Å². The van der Waals surface area contributed by atoms with Crippen molar-refractivity contribution in [2.45, 2.75) is 0 Å². The molecule has 1 radical (unpaired) electrons. The number of rotatable bonds is 55. The van der Waals surface area contributed by atoms with Crippen LogP contribution in [0.15, 0.2) is 0 Å². The minimum absolute atomic E-state index is 0. The summed E-state index contributed by atoms with van der Waals surface area (Å²) < 4.78 is 0. The van der Waals surface area contributed by atoms with Crippen molar-refractivity contribution in [1.82, 2.24) is 0 Å². The first-order valence-corrected chi connectivity index (χ1v) is 232. The zero-order valence-corrected chi connectivity index (χ0v) is 176. The fourth-order valence-electron chi connectivity index (χ4n) is 6.89. The minimum Gasteiger partial charge on any atom is -0.102 e. The van der Waals surface area contributed by atoms with Crippen LogP contribution in [0.4, 0.5) is 0 Å². The van der Waals surface area contributed by atoms with Gasteiger partial charge < -0.3 is 0 Å². The Labute approximate surface area is 904 Å². The second kappa shape index (κ2) is 91.0. The molecule has 114 heavy (non-hydrogen) atoms. The molecule has 0 aliphatic carbocycles. The van der Waals surface area contributed by atoms with Crippen LogP contribution < -0.4 is 0 Å². The molecule has 685 valence electrons. The van der Waals surface area contributed by atoms with Gasteiger partial charge in [-0.05, 0) is 392 Å². The zero-order valence-electron chi connectivity index (χ0n) is 58.5. The summed E-state index contributed by atoms with van der Waals surface area (Å²) in [6, 6.07) is 0. The van der Waals surface area contributed by atoms with Gasteiger partial charge in [0.25, 0.3) is 0 Å². The molecule has 0 bridgehead atoms. The summed E-state index contributed by atoms with van der Waals surface area (Å²) >= 11 is 0. The predicted molar refractivity (Wildman–Crippen MR) is 942 cm³/mol. The summed E-state index contributed by atoms with van der Waals surface area (Å²) in [5.41, 5.74) is 0. The summed E-state index contributed by atoms with van der Waals surface area (Å²) in [5.74, 6) is 0. The number of hydrogen-bond donors (Lipinski definition) is 0. The van der Waals surface area contributed by atoms with Crippen LogP contribution in [0.5, 0.6) is 0 Å². The number of hydrogen-bond acceptors (Lipinski definition) is 0. The first kappa shape index (κ1) is 165. The molecule has 0 nitrogen and oxygen atoms in total. The molecule has 0 aliphatic heterocycles. The maximum Gasteiger partial charge on any atom is 0 e. The Morgan fingerprint density at radius 1 is 0.0877 bits per heavy atom. The Bertz CT molecular complexity index is 1950. The van der Waals surface area contributed by atoms with E-state index in [0.29, 0.717) is 0 Å². The van der Waals surface area contributed by atoms with E-state index in [9.17, 15) is 0 Å². The third-order valence-electron chi connectivity index (χ3n) is 10.1. The molecule has 0 saturated heterocycles. The summed E-state index contributed by atoms with van der Waals surface area (Å²) in [6.45, 7) is -25.3. The quantitative estimate of drug-likeness (QED) is 0.0533. The molecule has 114 heteroatoms. The van der Waals surface area contributed by atoms with Crippen LogP contribution in [0.1, 0.15) is 0 Å². The summed E-state index contributed by atoms with van der Waals surface area (Å²) in [4.78, 5) is 0. The van der Waals surface area contributed by atoms with Gasteiger partial charge in [0.15, 0.2) is 0 Å². The molecular formula is H115P113V. The Hall–Kier alpha value is 49.2. The second-order valence-electron chi connectivity index (χ2n) is 18.1. The molecule has 0 rings (SSSR count). The van der Waals surface area contributed by atoms with E-state index in [1.54, 1.807) is 0 Å². The van der Waals surface area contributed by atoms with Gasteiger partial charge in [-0.3, -0.25) is 0 Å². The van der Waals surface area contributed by atoms with Crippen LogP contribution >= 0.6 is 901 Å². The third kappa shape index (κ3) is 58.8. The average molecular weight is 3670 g/mol. The van der Waals surface area contributed by atoms with Gasteiger partial charge in [-0.25, -0.2) is 0 Å². The van der Waals surface area contributed by atoms with Gasteiger partial charge in [0, 0.05) is 18.6 Å². The van der Waals surface area contributed by atoms with E-state index >= 15 is 0 Å². The van der Waals surface area contributed by atoms with Gasteiger partial charge in [0.1, 0.15) is 0 Å². The normalized spacial score (nSPS) is 15.7. The fraction of sp³-hybridized carbons (Fsp3) is 0. The smallest absolute Gasteiger partial charge is 0 e. The molecule has 0 saturated carbocycles. The van der Waals surface area contributed by atoms with Gasteiger partial charge in [-0.2, -0.15) is 0 Å². The maximum absolute atomic E-state index is 3.97. The van der Waals surface area contributed by atoms with Gasteiger partial charge in [0.05, 0.1) is 0 Å². The SMILES string of the molecule is PP(P)P(P)P(P(P)P)P(P(PP(P(P(P(P(P)P)P(P)P)P(P(P)P)P(P)P)P(P(P(P)P)P(P)P)P(P(P)P)P(P)P)P(P(P(P(P)P)P(P)P)P(P(P)P)P(P)P)P(P(P(P)P)P(P)P)P(P(P)P)P(P)P)P(P(P(P(P)P)P(P)P)P(P(P)P)P(P)P)P(P(P(P)P)P(P)P)P(P(P)P)P(P)P)P(P(P)P)P(P)P.[V]. The average Bonchev–Trinajstić information content (AvgIpc) is 0.723. The molecule has 0 aromatic carbocycles. The van der Waals surface area contributed by atoms with Crippen molar-refractivity contribution >= 4 is 901 Å². The fourth-order valence-corrected chi connectivity index (χ4v) is 1670. The second-order valence-corrected chi connectivity index (χ2v) is 488. The van der Waals surface area contributed by atoms with Crippen molar-refractivity contribution in [2.75, 3.05) is 0 Å². The predicted octanol–water partition coefficient (Wildman–Crippen LogP) is 66.5. The van der Waals surface area contributed by atoms with Crippen LogP contribution in [0.2, 0.25) is 0 Å². The Morgan fingerprint density at radius 3 is 0.246 bits per heavy atom.